The summed E-state index contributed by atoms with van der Waals surface area (Å²) >= 11 is 6.10. The van der Waals surface area contributed by atoms with Crippen molar-refractivity contribution >= 4 is 28.5 Å². The number of alkyl halides is 1. The van der Waals surface area contributed by atoms with E-state index >= 15 is 0 Å². The molecule has 1 aromatic carbocycles. The normalized spacial score (nSPS) is 12.4. The summed E-state index contributed by atoms with van der Waals surface area (Å²) in [6, 6.07) is 9.36. The van der Waals surface area contributed by atoms with Crippen LogP contribution in [0.25, 0.3) is 10.9 Å². The Labute approximate surface area is 104 Å². The number of rotatable bonds is 3. The molecule has 0 bridgehead atoms. The van der Waals surface area contributed by atoms with E-state index in [2.05, 4.69) is 4.98 Å². The van der Waals surface area contributed by atoms with E-state index in [0.717, 1.165) is 10.9 Å². The van der Waals surface area contributed by atoms with Gasteiger partial charge in [0, 0.05) is 17.1 Å². The Bertz CT molecular complexity index is 536. The van der Waals surface area contributed by atoms with E-state index in [1.807, 2.05) is 24.3 Å². The van der Waals surface area contributed by atoms with Crippen molar-refractivity contribution < 1.29 is 9.53 Å². The number of aromatic nitrogens is 1. The fraction of sp³-hybridized carbons (Fsp3) is 0.231. The second kappa shape index (κ2) is 5.15. The lowest BCUT2D eigenvalue weighted by Gasteiger charge is -2.10. The van der Waals surface area contributed by atoms with Gasteiger partial charge >= 0.3 is 5.97 Å². The molecule has 0 saturated carbocycles. The van der Waals surface area contributed by atoms with Gasteiger partial charge in [-0.2, -0.15) is 0 Å². The van der Waals surface area contributed by atoms with Gasteiger partial charge in [0.05, 0.1) is 12.1 Å². The number of carbonyl (C=O) groups is 1. The van der Waals surface area contributed by atoms with Crippen LogP contribution in [0.1, 0.15) is 17.9 Å². The van der Waals surface area contributed by atoms with Gasteiger partial charge in [0.15, 0.2) is 5.38 Å². The molecule has 0 fully saturated rings. The first kappa shape index (κ1) is 11.9. The predicted molar refractivity (Wildman–Crippen MR) is 67.0 cm³/mol. The van der Waals surface area contributed by atoms with E-state index in [9.17, 15) is 4.79 Å². The lowest BCUT2D eigenvalue weighted by molar-refractivity contribution is -0.142. The Morgan fingerprint density at radius 3 is 2.94 bits per heavy atom. The minimum Gasteiger partial charge on any atom is -0.465 e. The summed E-state index contributed by atoms with van der Waals surface area (Å²) in [5.74, 6) is -0.438. The van der Waals surface area contributed by atoms with Crippen LogP contribution in [0, 0.1) is 0 Å². The van der Waals surface area contributed by atoms with Crippen molar-refractivity contribution in [1.82, 2.24) is 4.98 Å². The van der Waals surface area contributed by atoms with Crippen molar-refractivity contribution in [1.29, 1.82) is 0 Å². The molecule has 17 heavy (non-hydrogen) atoms. The lowest BCUT2D eigenvalue weighted by atomic mass is 10.1. The zero-order valence-electron chi connectivity index (χ0n) is 9.39. The third kappa shape index (κ3) is 2.39. The zero-order chi connectivity index (χ0) is 12.3. The van der Waals surface area contributed by atoms with E-state index in [0.29, 0.717) is 12.2 Å². The Morgan fingerprint density at radius 1 is 1.41 bits per heavy atom. The second-order valence-electron chi connectivity index (χ2n) is 3.54. The molecular weight excluding hydrogens is 238 g/mol. The van der Waals surface area contributed by atoms with E-state index < -0.39 is 11.3 Å². The monoisotopic (exact) mass is 249 g/mol. The molecule has 1 unspecified atom stereocenters. The number of benzene rings is 1. The van der Waals surface area contributed by atoms with Gasteiger partial charge in [0.2, 0.25) is 0 Å². The Hall–Kier alpha value is -1.61. The standard InChI is InChI=1S/C13H12ClNO2/c1-2-17-13(16)11(14)10-7-3-5-9-6-4-8-15-12(9)10/h3-8,11H,2H2,1H3. The maximum Gasteiger partial charge on any atom is 0.328 e. The average molecular weight is 250 g/mol. The topological polar surface area (TPSA) is 39.2 Å². The summed E-state index contributed by atoms with van der Waals surface area (Å²) in [7, 11) is 0. The minimum absolute atomic E-state index is 0.320. The van der Waals surface area contributed by atoms with Gasteiger partial charge in [0.25, 0.3) is 0 Å². The fourth-order valence-corrected chi connectivity index (χ4v) is 1.91. The summed E-state index contributed by atoms with van der Waals surface area (Å²) in [5, 5.41) is 0.147. The molecule has 3 nitrogen and oxygen atoms in total. The third-order valence-electron chi connectivity index (χ3n) is 2.43. The molecular formula is C13H12ClNO2. The summed E-state index contributed by atoms with van der Waals surface area (Å²) in [5.41, 5.74) is 1.42. The molecule has 1 aromatic heterocycles. The smallest absolute Gasteiger partial charge is 0.328 e. The van der Waals surface area contributed by atoms with E-state index in [4.69, 9.17) is 16.3 Å². The third-order valence-corrected chi connectivity index (χ3v) is 2.84. The fourth-order valence-electron chi connectivity index (χ4n) is 1.67. The highest BCUT2D eigenvalue weighted by molar-refractivity contribution is 6.30. The Balaban J connectivity index is 2.44. The first-order valence-electron chi connectivity index (χ1n) is 5.38. The number of carbonyl (C=O) groups excluding carboxylic acids is 1. The van der Waals surface area contributed by atoms with Crippen LogP contribution in [0.2, 0.25) is 0 Å². The predicted octanol–water partition coefficient (Wildman–Crippen LogP) is 3.08. The van der Waals surface area contributed by atoms with Crippen molar-refractivity contribution in [2.45, 2.75) is 12.3 Å². The molecule has 0 saturated heterocycles. The Morgan fingerprint density at radius 2 is 2.18 bits per heavy atom. The second-order valence-corrected chi connectivity index (χ2v) is 3.97. The number of nitrogens with zero attached hydrogens (tertiary/aromatic N) is 1. The van der Waals surface area contributed by atoms with Crippen LogP contribution in [-0.2, 0) is 9.53 Å². The Kier molecular flexibility index (Phi) is 3.59. The van der Waals surface area contributed by atoms with E-state index in [1.54, 1.807) is 19.2 Å². The summed E-state index contributed by atoms with van der Waals surface area (Å²) < 4.78 is 4.91. The van der Waals surface area contributed by atoms with Crippen molar-refractivity contribution in [3.05, 3.63) is 42.1 Å². The quantitative estimate of drug-likeness (QED) is 0.620. The number of pyridine rings is 1. The van der Waals surface area contributed by atoms with E-state index in [-0.39, 0.29) is 0 Å². The lowest BCUT2D eigenvalue weighted by Crippen LogP contribution is -2.11. The highest BCUT2D eigenvalue weighted by Crippen LogP contribution is 2.27. The van der Waals surface area contributed by atoms with Crippen LogP contribution in [0.4, 0.5) is 0 Å². The molecule has 2 rings (SSSR count). The first-order valence-corrected chi connectivity index (χ1v) is 5.82. The molecule has 1 atom stereocenters. The van der Waals surface area contributed by atoms with Gasteiger partial charge in [-0.05, 0) is 13.0 Å². The highest BCUT2D eigenvalue weighted by Gasteiger charge is 2.21. The van der Waals surface area contributed by atoms with Crippen molar-refractivity contribution in [3.63, 3.8) is 0 Å². The highest BCUT2D eigenvalue weighted by atomic mass is 35.5. The summed E-state index contributed by atoms with van der Waals surface area (Å²) in [4.78, 5) is 15.9. The molecule has 1 heterocycles. The van der Waals surface area contributed by atoms with Gasteiger partial charge in [-0.15, -0.1) is 11.6 Å². The zero-order valence-corrected chi connectivity index (χ0v) is 10.1. The molecule has 0 amide bonds. The molecule has 88 valence electrons. The van der Waals surface area contributed by atoms with Crippen molar-refractivity contribution in [2.24, 2.45) is 0 Å². The largest absolute Gasteiger partial charge is 0.465 e. The molecule has 0 radical (unpaired) electrons. The molecule has 0 aliphatic carbocycles. The molecule has 0 aliphatic heterocycles. The van der Waals surface area contributed by atoms with Gasteiger partial charge < -0.3 is 4.74 Å². The maximum absolute atomic E-state index is 11.6. The van der Waals surface area contributed by atoms with Crippen LogP contribution >= 0.6 is 11.6 Å². The summed E-state index contributed by atoms with van der Waals surface area (Å²) in [6.45, 7) is 2.07. The molecule has 0 aliphatic rings. The first-order chi connectivity index (χ1) is 8.24. The molecule has 0 N–H and O–H groups in total. The number of hydrogen-bond donors (Lipinski definition) is 0. The number of ether oxygens (including phenoxy) is 1. The SMILES string of the molecule is CCOC(=O)C(Cl)c1cccc2cccnc12. The number of para-hydroxylation sites is 1. The van der Waals surface area contributed by atoms with Crippen LogP contribution < -0.4 is 0 Å². The van der Waals surface area contributed by atoms with Crippen molar-refractivity contribution in [3.8, 4) is 0 Å². The molecule has 4 heteroatoms. The average Bonchev–Trinajstić information content (AvgIpc) is 2.37. The van der Waals surface area contributed by atoms with Crippen LogP contribution in [0.3, 0.4) is 0 Å². The number of hydrogen-bond acceptors (Lipinski definition) is 3. The molecule has 2 aromatic rings. The number of esters is 1. The van der Waals surface area contributed by atoms with Crippen LogP contribution in [0.5, 0.6) is 0 Å². The molecule has 0 spiro atoms. The van der Waals surface area contributed by atoms with E-state index in [1.165, 1.54) is 0 Å². The van der Waals surface area contributed by atoms with Gasteiger partial charge in [-0.1, -0.05) is 24.3 Å². The van der Waals surface area contributed by atoms with Gasteiger partial charge in [0.1, 0.15) is 0 Å². The van der Waals surface area contributed by atoms with Gasteiger partial charge in [-0.25, -0.2) is 0 Å². The van der Waals surface area contributed by atoms with Crippen molar-refractivity contribution in [2.75, 3.05) is 6.61 Å². The van der Waals surface area contributed by atoms with Crippen LogP contribution in [0.15, 0.2) is 36.5 Å². The maximum atomic E-state index is 11.6. The number of halogens is 1. The van der Waals surface area contributed by atoms with Gasteiger partial charge in [-0.3, -0.25) is 9.78 Å². The summed E-state index contributed by atoms with van der Waals surface area (Å²) in [6.07, 6.45) is 1.68. The number of fused-ring (bicyclic) bond motifs is 1. The minimum atomic E-state index is -0.812. The van der Waals surface area contributed by atoms with Crippen LogP contribution in [-0.4, -0.2) is 17.6 Å².